The molecule has 1 unspecified atom stereocenters. The summed E-state index contributed by atoms with van der Waals surface area (Å²) in [5, 5.41) is 2.79. The van der Waals surface area contributed by atoms with E-state index in [4.69, 9.17) is 9.47 Å². The van der Waals surface area contributed by atoms with E-state index in [-0.39, 0.29) is 25.2 Å². The summed E-state index contributed by atoms with van der Waals surface area (Å²) in [6.07, 6.45) is 6.09. The van der Waals surface area contributed by atoms with Crippen LogP contribution in [0.25, 0.3) is 0 Å². The summed E-state index contributed by atoms with van der Waals surface area (Å²) in [5.74, 6) is 0.0328. The zero-order valence-electron chi connectivity index (χ0n) is 14.6. The third-order valence-electron chi connectivity index (χ3n) is 4.04. The van der Waals surface area contributed by atoms with Crippen LogP contribution in [0.4, 0.5) is 9.59 Å². The number of hydrogen-bond donors (Lipinski definition) is 0. The van der Waals surface area contributed by atoms with E-state index in [0.717, 1.165) is 25.7 Å². The van der Waals surface area contributed by atoms with E-state index in [1.54, 1.807) is 13.8 Å². The Hall–Kier alpha value is -1.72. The van der Waals surface area contributed by atoms with E-state index in [0.29, 0.717) is 6.54 Å². The molecule has 1 fully saturated rings. The SMILES string of the molecule is C=C[C@H]1CN(C(=O)OCC)N(C(=O)OCC)C1CCCCCC. The van der Waals surface area contributed by atoms with Crippen LogP contribution >= 0.6 is 0 Å². The average Bonchev–Trinajstić information content (AvgIpc) is 2.91. The van der Waals surface area contributed by atoms with Crippen LogP contribution in [0, 0.1) is 5.92 Å². The molecule has 0 saturated carbocycles. The Balaban J connectivity index is 2.88. The Kier molecular flexibility index (Phi) is 8.51. The van der Waals surface area contributed by atoms with Crippen molar-refractivity contribution in [2.75, 3.05) is 19.8 Å². The predicted molar refractivity (Wildman–Crippen MR) is 88.8 cm³/mol. The molecule has 2 atom stereocenters. The van der Waals surface area contributed by atoms with Gasteiger partial charge in [-0.15, -0.1) is 6.58 Å². The minimum atomic E-state index is -0.511. The molecule has 1 aliphatic rings. The van der Waals surface area contributed by atoms with Crippen LogP contribution in [0.3, 0.4) is 0 Å². The molecule has 0 aromatic heterocycles. The molecule has 0 spiro atoms. The number of hydrogen-bond acceptors (Lipinski definition) is 4. The van der Waals surface area contributed by atoms with Crippen molar-refractivity contribution in [2.24, 2.45) is 5.92 Å². The van der Waals surface area contributed by atoms with Crippen LogP contribution in [-0.2, 0) is 9.47 Å². The lowest BCUT2D eigenvalue weighted by atomic mass is 9.96. The average molecular weight is 326 g/mol. The van der Waals surface area contributed by atoms with E-state index >= 15 is 0 Å². The molecule has 1 heterocycles. The Morgan fingerprint density at radius 3 is 2.30 bits per heavy atom. The number of carbonyl (C=O) groups excluding carboxylic acids is 2. The maximum Gasteiger partial charge on any atom is 0.429 e. The van der Waals surface area contributed by atoms with Gasteiger partial charge < -0.3 is 9.47 Å². The lowest BCUT2D eigenvalue weighted by molar-refractivity contribution is -0.00885. The Labute approximate surface area is 139 Å². The molecule has 6 heteroatoms. The molecular weight excluding hydrogens is 296 g/mol. The molecule has 0 aromatic carbocycles. The summed E-state index contributed by atoms with van der Waals surface area (Å²) in [7, 11) is 0. The van der Waals surface area contributed by atoms with Gasteiger partial charge in [0.1, 0.15) is 0 Å². The lowest BCUT2D eigenvalue weighted by Crippen LogP contribution is -2.49. The number of hydrazine groups is 1. The molecule has 0 aromatic rings. The van der Waals surface area contributed by atoms with Gasteiger partial charge in [0.25, 0.3) is 0 Å². The zero-order valence-corrected chi connectivity index (χ0v) is 14.6. The third-order valence-corrected chi connectivity index (χ3v) is 4.04. The summed E-state index contributed by atoms with van der Waals surface area (Å²) in [6, 6.07) is -0.104. The van der Waals surface area contributed by atoms with Crippen LogP contribution in [0.1, 0.15) is 52.9 Å². The van der Waals surface area contributed by atoms with Crippen LogP contribution in [-0.4, -0.2) is 48.0 Å². The number of amides is 2. The quantitative estimate of drug-likeness (QED) is 0.500. The van der Waals surface area contributed by atoms with E-state index in [1.807, 2.05) is 6.08 Å². The van der Waals surface area contributed by atoms with Crippen molar-refractivity contribution in [1.82, 2.24) is 10.0 Å². The molecule has 0 bridgehead atoms. The predicted octanol–water partition coefficient (Wildman–Crippen LogP) is 3.97. The summed E-state index contributed by atoms with van der Waals surface area (Å²) >= 11 is 0. The second-order valence-corrected chi connectivity index (χ2v) is 5.64. The van der Waals surface area contributed by atoms with Crippen LogP contribution < -0.4 is 0 Å². The van der Waals surface area contributed by atoms with Gasteiger partial charge in [-0.3, -0.25) is 0 Å². The number of ether oxygens (including phenoxy) is 2. The highest BCUT2D eigenvalue weighted by Gasteiger charge is 2.44. The fourth-order valence-corrected chi connectivity index (χ4v) is 2.90. The molecular formula is C17H30N2O4. The van der Waals surface area contributed by atoms with Crippen molar-refractivity contribution in [1.29, 1.82) is 0 Å². The molecule has 1 rings (SSSR count). The van der Waals surface area contributed by atoms with Crippen molar-refractivity contribution in [3.8, 4) is 0 Å². The zero-order chi connectivity index (χ0) is 17.2. The highest BCUT2D eigenvalue weighted by Crippen LogP contribution is 2.30. The molecule has 0 radical (unpaired) electrons. The maximum atomic E-state index is 12.3. The van der Waals surface area contributed by atoms with Gasteiger partial charge in [-0.1, -0.05) is 38.7 Å². The van der Waals surface area contributed by atoms with Crippen LogP contribution in [0.2, 0.25) is 0 Å². The van der Waals surface area contributed by atoms with E-state index in [1.165, 1.54) is 16.4 Å². The van der Waals surface area contributed by atoms with Crippen molar-refractivity contribution >= 4 is 12.2 Å². The van der Waals surface area contributed by atoms with Crippen LogP contribution in [0.15, 0.2) is 12.7 Å². The van der Waals surface area contributed by atoms with Crippen molar-refractivity contribution in [3.05, 3.63) is 12.7 Å². The smallest absolute Gasteiger partial charge is 0.429 e. The molecule has 1 saturated heterocycles. The maximum absolute atomic E-state index is 12.3. The van der Waals surface area contributed by atoms with Gasteiger partial charge in [0, 0.05) is 5.92 Å². The fourth-order valence-electron chi connectivity index (χ4n) is 2.90. The van der Waals surface area contributed by atoms with Gasteiger partial charge >= 0.3 is 12.2 Å². The largest absolute Gasteiger partial charge is 0.448 e. The number of unbranched alkanes of at least 4 members (excludes halogenated alkanes) is 3. The van der Waals surface area contributed by atoms with E-state index in [9.17, 15) is 9.59 Å². The second kappa shape index (κ2) is 10.1. The first kappa shape index (κ1) is 19.3. The van der Waals surface area contributed by atoms with Gasteiger partial charge in [-0.25, -0.2) is 19.6 Å². The van der Waals surface area contributed by atoms with Crippen molar-refractivity contribution < 1.29 is 19.1 Å². The highest BCUT2D eigenvalue weighted by molar-refractivity contribution is 5.75. The Bertz CT molecular complexity index is 400. The number of nitrogens with zero attached hydrogens (tertiary/aromatic N) is 2. The molecule has 6 nitrogen and oxygen atoms in total. The topological polar surface area (TPSA) is 59.1 Å². The molecule has 0 aliphatic carbocycles. The summed E-state index contributed by atoms with van der Waals surface area (Å²) in [6.45, 7) is 10.5. The first-order chi connectivity index (χ1) is 11.1. The first-order valence-electron chi connectivity index (χ1n) is 8.63. The molecule has 2 amide bonds. The summed E-state index contributed by atoms with van der Waals surface area (Å²) in [4.78, 5) is 24.5. The van der Waals surface area contributed by atoms with Gasteiger partial charge in [-0.05, 0) is 20.3 Å². The number of rotatable bonds is 8. The van der Waals surface area contributed by atoms with Gasteiger partial charge in [0.2, 0.25) is 0 Å². The Morgan fingerprint density at radius 2 is 1.74 bits per heavy atom. The molecule has 132 valence electrons. The molecule has 23 heavy (non-hydrogen) atoms. The first-order valence-corrected chi connectivity index (χ1v) is 8.63. The van der Waals surface area contributed by atoms with Gasteiger partial charge in [-0.2, -0.15) is 0 Å². The summed E-state index contributed by atoms with van der Waals surface area (Å²) < 4.78 is 10.2. The Morgan fingerprint density at radius 1 is 1.09 bits per heavy atom. The standard InChI is InChI=1S/C17H30N2O4/c1-5-9-10-11-12-15-14(6-2)13-18(16(20)22-7-3)19(15)17(21)23-8-4/h6,14-15H,2,5,7-13H2,1,3-4H3/t14-,15?/m0/s1. The minimum Gasteiger partial charge on any atom is -0.448 e. The normalized spacial score (nSPS) is 20.5. The van der Waals surface area contributed by atoms with E-state index < -0.39 is 12.2 Å². The molecule has 0 N–H and O–H groups in total. The van der Waals surface area contributed by atoms with Crippen molar-refractivity contribution in [3.63, 3.8) is 0 Å². The minimum absolute atomic E-state index is 0.0328. The fraction of sp³-hybridized carbons (Fsp3) is 0.765. The lowest BCUT2D eigenvalue weighted by Gasteiger charge is -2.30. The van der Waals surface area contributed by atoms with Gasteiger partial charge in [0.05, 0.1) is 25.8 Å². The third kappa shape index (κ3) is 5.15. The monoisotopic (exact) mass is 326 g/mol. The molecule has 1 aliphatic heterocycles. The van der Waals surface area contributed by atoms with Gasteiger partial charge in [0.15, 0.2) is 0 Å². The second-order valence-electron chi connectivity index (χ2n) is 5.64. The highest BCUT2D eigenvalue weighted by atomic mass is 16.6. The summed E-state index contributed by atoms with van der Waals surface area (Å²) in [5.41, 5.74) is 0. The number of carbonyl (C=O) groups is 2. The van der Waals surface area contributed by atoms with Crippen LogP contribution in [0.5, 0.6) is 0 Å². The van der Waals surface area contributed by atoms with E-state index in [2.05, 4.69) is 13.5 Å². The van der Waals surface area contributed by atoms with Crippen molar-refractivity contribution in [2.45, 2.75) is 58.9 Å².